The summed E-state index contributed by atoms with van der Waals surface area (Å²) in [5.41, 5.74) is 0. The Hall–Kier alpha value is -3.67. The molecular weight excluding hydrogens is 913 g/mol. The van der Waals surface area contributed by atoms with E-state index in [1.54, 1.807) is 0 Å². The molecule has 0 aliphatic heterocycles. The van der Waals surface area contributed by atoms with Gasteiger partial charge in [-0.05, 0) is 103 Å². The fourth-order valence-electron chi connectivity index (χ4n) is 8.65. The molecule has 0 radical (unpaired) electrons. The molecule has 0 aromatic carbocycles. The van der Waals surface area contributed by atoms with Gasteiger partial charge in [0.15, 0.2) is 6.10 Å². The van der Waals surface area contributed by atoms with Crippen LogP contribution in [0.5, 0.6) is 0 Å². The summed E-state index contributed by atoms with van der Waals surface area (Å²) >= 11 is 0. The van der Waals surface area contributed by atoms with E-state index in [4.69, 9.17) is 14.2 Å². The van der Waals surface area contributed by atoms with Crippen LogP contribution in [0.1, 0.15) is 297 Å². The van der Waals surface area contributed by atoms with Gasteiger partial charge in [0.2, 0.25) is 0 Å². The third kappa shape index (κ3) is 59.2. The molecule has 6 heteroatoms. The highest BCUT2D eigenvalue weighted by Gasteiger charge is 2.19. The molecule has 0 aliphatic carbocycles. The Morgan fingerprint density at radius 3 is 0.851 bits per heavy atom. The Labute approximate surface area is 457 Å². The lowest BCUT2D eigenvalue weighted by Crippen LogP contribution is -2.30. The third-order valence-electron chi connectivity index (χ3n) is 13.3. The van der Waals surface area contributed by atoms with Gasteiger partial charge < -0.3 is 14.2 Å². The normalized spacial score (nSPS) is 12.7. The number of ether oxygens (including phenoxy) is 3. The van der Waals surface area contributed by atoms with Gasteiger partial charge in [-0.2, -0.15) is 0 Å². The summed E-state index contributed by atoms with van der Waals surface area (Å²) in [4.78, 5) is 38.2. The largest absolute Gasteiger partial charge is 0.462 e. The zero-order valence-electron chi connectivity index (χ0n) is 48.6. The van der Waals surface area contributed by atoms with Gasteiger partial charge in [0.1, 0.15) is 13.2 Å². The maximum absolute atomic E-state index is 12.9. The van der Waals surface area contributed by atoms with Gasteiger partial charge in [-0.15, -0.1) is 0 Å². The average molecular weight is 1030 g/mol. The first kappa shape index (κ1) is 70.3. The van der Waals surface area contributed by atoms with Gasteiger partial charge in [0.25, 0.3) is 0 Å². The van der Waals surface area contributed by atoms with Gasteiger partial charge in [0, 0.05) is 19.3 Å². The summed E-state index contributed by atoms with van der Waals surface area (Å²) in [5.74, 6) is -0.892. The van der Waals surface area contributed by atoms with Crippen molar-refractivity contribution in [3.63, 3.8) is 0 Å². The minimum absolute atomic E-state index is 0.0816. The van der Waals surface area contributed by atoms with Crippen molar-refractivity contribution in [2.24, 2.45) is 0 Å². The summed E-state index contributed by atoms with van der Waals surface area (Å²) in [7, 11) is 0. The molecule has 0 N–H and O–H groups in total. The van der Waals surface area contributed by atoms with E-state index in [2.05, 4.69) is 118 Å². The van der Waals surface area contributed by atoms with E-state index < -0.39 is 6.10 Å². The highest BCUT2D eigenvalue weighted by molar-refractivity contribution is 5.71. The van der Waals surface area contributed by atoms with Crippen LogP contribution in [0, 0.1) is 0 Å². The minimum atomic E-state index is -0.785. The van der Waals surface area contributed by atoms with Gasteiger partial charge in [0.05, 0.1) is 0 Å². The van der Waals surface area contributed by atoms with E-state index in [1.165, 1.54) is 135 Å². The van der Waals surface area contributed by atoms with Crippen molar-refractivity contribution in [3.8, 4) is 0 Å². The second-order valence-electron chi connectivity index (χ2n) is 20.6. The number of unbranched alkanes of at least 4 members (excludes halogenated alkanes) is 29. The van der Waals surface area contributed by atoms with Crippen LogP contribution in [0.3, 0.4) is 0 Å². The van der Waals surface area contributed by atoms with Crippen molar-refractivity contribution >= 4 is 17.9 Å². The fourth-order valence-corrected chi connectivity index (χ4v) is 8.65. The molecule has 0 bridgehead atoms. The van der Waals surface area contributed by atoms with E-state index in [0.717, 1.165) is 122 Å². The lowest BCUT2D eigenvalue weighted by atomic mass is 10.0. The van der Waals surface area contributed by atoms with E-state index in [-0.39, 0.29) is 31.1 Å². The maximum atomic E-state index is 12.9. The molecule has 1 atom stereocenters. The standard InChI is InChI=1S/C68H116O6/c1-4-7-10-13-16-19-22-25-27-28-29-30-31-32-33-34-35-36-37-38-39-40-42-43-46-49-52-55-58-61-67(70)73-64-65(63-72-66(69)60-57-54-51-48-45-24-21-18-15-12-9-6-3)74-68(71)62-59-56-53-50-47-44-41-26-23-20-17-14-11-8-5-2/h7,10,16-17,19-20,25-27,29-30,32-33,35-36,41,65H,4-6,8-9,11-15,18,21-24,28,31,34,37-40,42-64H2,1-3H3/b10-7-,19-16-,20-17-,27-25-,30-29-,33-32-,36-35-,41-26-. The van der Waals surface area contributed by atoms with Gasteiger partial charge in [-0.3, -0.25) is 14.4 Å². The smallest absolute Gasteiger partial charge is 0.306 e. The first-order valence-electron chi connectivity index (χ1n) is 31.2. The minimum Gasteiger partial charge on any atom is -0.462 e. The summed E-state index contributed by atoms with van der Waals surface area (Å²) in [6.07, 6.45) is 82.6. The van der Waals surface area contributed by atoms with Crippen LogP contribution in [0.4, 0.5) is 0 Å². The van der Waals surface area contributed by atoms with E-state index in [9.17, 15) is 14.4 Å². The second kappa shape index (κ2) is 61.9. The monoisotopic (exact) mass is 1030 g/mol. The molecule has 1 unspecified atom stereocenters. The number of hydrogen-bond donors (Lipinski definition) is 0. The Balaban J connectivity index is 4.26. The van der Waals surface area contributed by atoms with E-state index in [0.29, 0.717) is 19.3 Å². The van der Waals surface area contributed by atoms with E-state index in [1.807, 2.05) is 0 Å². The van der Waals surface area contributed by atoms with Crippen LogP contribution in [-0.2, 0) is 28.6 Å². The fraction of sp³-hybridized carbons (Fsp3) is 0.721. The Morgan fingerprint density at radius 1 is 0.284 bits per heavy atom. The zero-order valence-corrected chi connectivity index (χ0v) is 48.6. The summed E-state index contributed by atoms with van der Waals surface area (Å²) in [6.45, 7) is 6.50. The van der Waals surface area contributed by atoms with Crippen molar-refractivity contribution in [1.82, 2.24) is 0 Å². The quantitative estimate of drug-likeness (QED) is 0.0261. The predicted octanol–water partition coefficient (Wildman–Crippen LogP) is 21.3. The summed E-state index contributed by atoms with van der Waals surface area (Å²) in [6, 6.07) is 0. The SMILES string of the molecule is CC/C=C\C/C=C\C/C=C\C/C=C\C/C=C\C/C=C\CCCCCCCCCCCCC(=O)OCC(COC(=O)CCCCCCCCCCCCCC)OC(=O)CCCCCCC/C=C\C/C=C\CCCCC. The summed E-state index contributed by atoms with van der Waals surface area (Å²) < 4.78 is 16.9. The molecule has 0 spiro atoms. The molecular formula is C68H116O6. The number of rotatable bonds is 56. The molecule has 0 aliphatic rings. The molecule has 74 heavy (non-hydrogen) atoms. The maximum Gasteiger partial charge on any atom is 0.306 e. The van der Waals surface area contributed by atoms with E-state index >= 15 is 0 Å². The molecule has 6 nitrogen and oxygen atoms in total. The molecule has 0 amide bonds. The van der Waals surface area contributed by atoms with Crippen LogP contribution < -0.4 is 0 Å². The van der Waals surface area contributed by atoms with Crippen molar-refractivity contribution in [2.75, 3.05) is 13.2 Å². The number of carbonyl (C=O) groups excluding carboxylic acids is 3. The number of allylic oxidation sites excluding steroid dienone is 16. The second-order valence-corrected chi connectivity index (χ2v) is 20.6. The molecule has 0 aromatic heterocycles. The first-order valence-corrected chi connectivity index (χ1v) is 31.2. The van der Waals surface area contributed by atoms with Crippen molar-refractivity contribution in [1.29, 1.82) is 0 Å². The van der Waals surface area contributed by atoms with Gasteiger partial charge in [-0.1, -0.05) is 272 Å². The Morgan fingerprint density at radius 2 is 0.527 bits per heavy atom. The van der Waals surface area contributed by atoms with Gasteiger partial charge in [-0.25, -0.2) is 0 Å². The first-order chi connectivity index (χ1) is 36.5. The lowest BCUT2D eigenvalue weighted by Gasteiger charge is -2.18. The Kier molecular flexibility index (Phi) is 58.8. The molecule has 0 fully saturated rings. The van der Waals surface area contributed by atoms with Gasteiger partial charge >= 0.3 is 17.9 Å². The zero-order chi connectivity index (χ0) is 53.6. The van der Waals surface area contributed by atoms with Crippen molar-refractivity contribution in [2.45, 2.75) is 303 Å². The molecule has 0 rings (SSSR count). The molecule has 0 heterocycles. The van der Waals surface area contributed by atoms with Crippen LogP contribution >= 0.6 is 0 Å². The topological polar surface area (TPSA) is 78.9 Å². The van der Waals surface area contributed by atoms with Crippen molar-refractivity contribution < 1.29 is 28.6 Å². The highest BCUT2D eigenvalue weighted by Crippen LogP contribution is 2.16. The lowest BCUT2D eigenvalue weighted by molar-refractivity contribution is -0.167. The number of carbonyl (C=O) groups is 3. The molecule has 0 aromatic rings. The van der Waals surface area contributed by atoms with Crippen LogP contribution in [0.15, 0.2) is 97.2 Å². The number of hydrogen-bond acceptors (Lipinski definition) is 6. The summed E-state index contributed by atoms with van der Waals surface area (Å²) in [5, 5.41) is 0. The average Bonchev–Trinajstić information content (AvgIpc) is 3.40. The van der Waals surface area contributed by atoms with Crippen LogP contribution in [-0.4, -0.2) is 37.2 Å². The van der Waals surface area contributed by atoms with Crippen molar-refractivity contribution in [3.05, 3.63) is 97.2 Å². The highest BCUT2D eigenvalue weighted by atomic mass is 16.6. The Bertz CT molecular complexity index is 1460. The molecule has 424 valence electrons. The van der Waals surface area contributed by atoms with Crippen LogP contribution in [0.2, 0.25) is 0 Å². The van der Waals surface area contributed by atoms with Crippen LogP contribution in [0.25, 0.3) is 0 Å². The number of esters is 3. The third-order valence-corrected chi connectivity index (χ3v) is 13.3. The molecule has 0 saturated carbocycles. The molecule has 0 saturated heterocycles. The predicted molar refractivity (Wildman–Crippen MR) is 320 cm³/mol.